The summed E-state index contributed by atoms with van der Waals surface area (Å²) >= 11 is 0. The molecule has 6 heteroatoms. The lowest BCUT2D eigenvalue weighted by Crippen LogP contribution is -2.35. The topological polar surface area (TPSA) is 58.6 Å². The van der Waals surface area contributed by atoms with Gasteiger partial charge in [0.05, 0.1) is 12.4 Å². The van der Waals surface area contributed by atoms with Gasteiger partial charge in [0.25, 0.3) is 0 Å². The van der Waals surface area contributed by atoms with Crippen LogP contribution >= 0.6 is 0 Å². The van der Waals surface area contributed by atoms with Crippen LogP contribution in [0.2, 0.25) is 0 Å². The lowest BCUT2D eigenvalue weighted by molar-refractivity contribution is 0.148. The summed E-state index contributed by atoms with van der Waals surface area (Å²) in [5.74, 6) is 0.240. The van der Waals surface area contributed by atoms with Crippen LogP contribution in [0.1, 0.15) is 26.2 Å². The van der Waals surface area contributed by atoms with E-state index in [1.807, 2.05) is 0 Å². The fourth-order valence-corrected chi connectivity index (χ4v) is 3.34. The molecule has 1 aliphatic heterocycles. The van der Waals surface area contributed by atoms with Crippen molar-refractivity contribution < 1.29 is 13.2 Å². The van der Waals surface area contributed by atoms with E-state index in [9.17, 15) is 8.42 Å². The Balaban J connectivity index is 2.28. The average molecular weight is 264 g/mol. The highest BCUT2D eigenvalue weighted by Crippen LogP contribution is 2.07. The Labute approximate surface area is 105 Å². The van der Waals surface area contributed by atoms with Gasteiger partial charge in [0, 0.05) is 19.7 Å². The molecule has 0 amide bonds. The van der Waals surface area contributed by atoms with Gasteiger partial charge < -0.3 is 10.1 Å². The summed E-state index contributed by atoms with van der Waals surface area (Å²) in [7, 11) is -3.08. The fourth-order valence-electron chi connectivity index (χ4n) is 1.81. The predicted molar refractivity (Wildman–Crippen MR) is 68.6 cm³/mol. The first-order valence-corrected chi connectivity index (χ1v) is 8.04. The Bertz CT molecular complexity index is 285. The van der Waals surface area contributed by atoms with Crippen LogP contribution in [0.25, 0.3) is 0 Å². The molecule has 0 radical (unpaired) electrons. The minimum absolute atomic E-state index is 0.240. The minimum Gasteiger partial charge on any atom is -0.380 e. The summed E-state index contributed by atoms with van der Waals surface area (Å²) < 4.78 is 30.9. The zero-order valence-corrected chi connectivity index (χ0v) is 11.5. The monoisotopic (exact) mass is 264 g/mol. The highest BCUT2D eigenvalue weighted by Gasteiger charge is 2.22. The molecule has 0 aromatic carbocycles. The second-order valence-corrected chi connectivity index (χ2v) is 6.37. The van der Waals surface area contributed by atoms with E-state index >= 15 is 0 Å². The van der Waals surface area contributed by atoms with Crippen LogP contribution in [0.3, 0.4) is 0 Å². The van der Waals surface area contributed by atoms with Crippen LogP contribution in [0.4, 0.5) is 0 Å². The van der Waals surface area contributed by atoms with E-state index < -0.39 is 10.0 Å². The number of sulfonamides is 1. The maximum atomic E-state index is 12.0. The molecule has 1 heterocycles. The van der Waals surface area contributed by atoms with Gasteiger partial charge in [-0.25, -0.2) is 8.42 Å². The van der Waals surface area contributed by atoms with Crippen molar-refractivity contribution in [1.29, 1.82) is 0 Å². The fraction of sp³-hybridized carbons (Fsp3) is 1.00. The van der Waals surface area contributed by atoms with E-state index in [-0.39, 0.29) is 5.75 Å². The maximum Gasteiger partial charge on any atom is 0.214 e. The van der Waals surface area contributed by atoms with Crippen molar-refractivity contribution in [2.45, 2.75) is 26.2 Å². The molecule has 0 saturated carbocycles. The first kappa shape index (κ1) is 14.9. The molecular weight excluding hydrogens is 240 g/mol. The third-order valence-electron chi connectivity index (χ3n) is 2.76. The van der Waals surface area contributed by atoms with Crippen LogP contribution in [0.5, 0.6) is 0 Å². The minimum atomic E-state index is -3.08. The summed E-state index contributed by atoms with van der Waals surface area (Å²) in [5, 5.41) is 3.22. The largest absolute Gasteiger partial charge is 0.380 e. The summed E-state index contributed by atoms with van der Waals surface area (Å²) in [5.41, 5.74) is 0. The zero-order valence-electron chi connectivity index (χ0n) is 10.7. The Kier molecular flexibility index (Phi) is 7.03. The lowest BCUT2D eigenvalue weighted by atomic mass is 10.4. The maximum absolute atomic E-state index is 12.0. The second-order valence-electron chi connectivity index (χ2n) is 4.28. The third kappa shape index (κ3) is 5.81. The van der Waals surface area contributed by atoms with Gasteiger partial charge in [-0.1, -0.05) is 6.92 Å². The second kappa shape index (κ2) is 8.02. The van der Waals surface area contributed by atoms with Crippen molar-refractivity contribution >= 4 is 10.0 Å². The van der Waals surface area contributed by atoms with Crippen molar-refractivity contribution in [3.63, 3.8) is 0 Å². The van der Waals surface area contributed by atoms with E-state index in [0.29, 0.717) is 32.7 Å². The number of ether oxygens (including phenoxy) is 1. The van der Waals surface area contributed by atoms with Crippen LogP contribution in [-0.4, -0.2) is 57.9 Å². The number of hydrogen-bond donors (Lipinski definition) is 1. The van der Waals surface area contributed by atoms with Gasteiger partial charge >= 0.3 is 0 Å². The zero-order chi connectivity index (χ0) is 12.6. The molecule has 5 nitrogen and oxygen atoms in total. The first-order chi connectivity index (χ1) is 8.17. The van der Waals surface area contributed by atoms with E-state index in [1.165, 1.54) is 0 Å². The molecule has 0 bridgehead atoms. The van der Waals surface area contributed by atoms with Gasteiger partial charge in [0.2, 0.25) is 10.0 Å². The highest BCUT2D eigenvalue weighted by molar-refractivity contribution is 7.89. The molecule has 0 aromatic heterocycles. The van der Waals surface area contributed by atoms with Gasteiger partial charge in [0.15, 0.2) is 0 Å². The summed E-state index contributed by atoms with van der Waals surface area (Å²) in [6.45, 7) is 6.13. The predicted octanol–water partition coefficient (Wildman–Crippen LogP) is 0.428. The molecule has 102 valence electrons. The van der Waals surface area contributed by atoms with Crippen LogP contribution in [-0.2, 0) is 14.8 Å². The molecule has 0 aliphatic carbocycles. The molecule has 1 rings (SSSR count). The van der Waals surface area contributed by atoms with Crippen molar-refractivity contribution in [2.75, 3.05) is 45.1 Å². The molecule has 1 N–H and O–H groups in total. The van der Waals surface area contributed by atoms with Gasteiger partial charge in [-0.3, -0.25) is 0 Å². The molecular formula is C11H24N2O3S. The van der Waals surface area contributed by atoms with E-state index in [1.54, 1.807) is 4.31 Å². The van der Waals surface area contributed by atoms with E-state index in [2.05, 4.69) is 12.2 Å². The molecule has 0 unspecified atom stereocenters. The van der Waals surface area contributed by atoms with Crippen LogP contribution in [0.15, 0.2) is 0 Å². The number of nitrogens with one attached hydrogen (secondary N) is 1. The summed E-state index contributed by atoms with van der Waals surface area (Å²) in [4.78, 5) is 0. The molecule has 0 aromatic rings. The first-order valence-electron chi connectivity index (χ1n) is 6.43. The van der Waals surface area contributed by atoms with Gasteiger partial charge in [-0.05, 0) is 32.4 Å². The van der Waals surface area contributed by atoms with Crippen molar-refractivity contribution in [1.82, 2.24) is 9.62 Å². The average Bonchev–Trinajstić information content (AvgIpc) is 2.57. The summed E-state index contributed by atoms with van der Waals surface area (Å²) in [6.07, 6.45) is 2.56. The van der Waals surface area contributed by atoms with Gasteiger partial charge in [0.1, 0.15) is 0 Å². The third-order valence-corrected chi connectivity index (χ3v) is 4.71. The Morgan fingerprint density at radius 3 is 2.82 bits per heavy atom. The number of nitrogens with zero attached hydrogens (tertiary/aromatic N) is 1. The smallest absolute Gasteiger partial charge is 0.214 e. The van der Waals surface area contributed by atoms with Gasteiger partial charge in [-0.2, -0.15) is 4.31 Å². The van der Waals surface area contributed by atoms with Crippen LogP contribution in [0, 0.1) is 0 Å². The molecule has 1 fully saturated rings. The Hall–Kier alpha value is -0.170. The van der Waals surface area contributed by atoms with Crippen LogP contribution < -0.4 is 5.32 Å². The highest BCUT2D eigenvalue weighted by atomic mass is 32.2. The molecule has 1 saturated heterocycles. The molecule has 0 spiro atoms. The van der Waals surface area contributed by atoms with E-state index in [0.717, 1.165) is 25.9 Å². The lowest BCUT2D eigenvalue weighted by Gasteiger charge is -2.19. The van der Waals surface area contributed by atoms with Crippen molar-refractivity contribution in [3.05, 3.63) is 0 Å². The van der Waals surface area contributed by atoms with Gasteiger partial charge in [-0.15, -0.1) is 0 Å². The quantitative estimate of drug-likeness (QED) is 0.677. The Morgan fingerprint density at radius 2 is 2.06 bits per heavy atom. The Morgan fingerprint density at radius 1 is 1.24 bits per heavy atom. The van der Waals surface area contributed by atoms with Crippen molar-refractivity contribution in [3.8, 4) is 0 Å². The molecule has 17 heavy (non-hydrogen) atoms. The molecule has 1 aliphatic rings. The van der Waals surface area contributed by atoms with Crippen molar-refractivity contribution in [2.24, 2.45) is 0 Å². The molecule has 0 atom stereocenters. The SMILES string of the molecule is CCCNCCCS(=O)(=O)N1CCCOCC1. The number of hydrogen-bond acceptors (Lipinski definition) is 4. The normalized spacial score (nSPS) is 19.1. The summed E-state index contributed by atoms with van der Waals surface area (Å²) in [6, 6.07) is 0. The standard InChI is InChI=1S/C11H24N2O3S/c1-2-5-12-6-3-11-17(14,15)13-7-4-9-16-10-8-13/h12H,2-11H2,1H3. The van der Waals surface area contributed by atoms with E-state index in [4.69, 9.17) is 4.74 Å². The number of rotatable bonds is 7.